The fourth-order valence-corrected chi connectivity index (χ4v) is 1.17. The third-order valence-corrected chi connectivity index (χ3v) is 1.74. The van der Waals surface area contributed by atoms with Gasteiger partial charge in [0.25, 0.3) is 0 Å². The average Bonchev–Trinajstić information content (AvgIpc) is 2.14. The molecule has 44 valence electrons. The number of H-pyrrole nitrogens is 1. The zero-order valence-electron chi connectivity index (χ0n) is 4.74. The Balaban J connectivity index is 2.84. The maximum Gasteiger partial charge on any atom is 0.0774 e. The van der Waals surface area contributed by atoms with Gasteiger partial charge in [-0.25, -0.2) is 0 Å². The van der Waals surface area contributed by atoms with E-state index in [-0.39, 0.29) is 0 Å². The summed E-state index contributed by atoms with van der Waals surface area (Å²) in [6.45, 7) is 2.15. The third kappa shape index (κ3) is 1.24. The molecule has 1 aromatic heterocycles. The molecule has 1 N–H and O–H groups in total. The Morgan fingerprint density at radius 3 is 2.75 bits per heavy atom. The van der Waals surface area contributed by atoms with Gasteiger partial charge in [-0.15, -0.1) is 0 Å². The lowest BCUT2D eigenvalue weighted by atomic mass is 10.3. The van der Waals surface area contributed by atoms with Crippen molar-refractivity contribution in [3.63, 3.8) is 0 Å². The van der Waals surface area contributed by atoms with Crippen molar-refractivity contribution in [3.8, 4) is 0 Å². The highest BCUT2D eigenvalue weighted by Gasteiger charge is 1.89. The van der Waals surface area contributed by atoms with E-state index in [9.17, 15) is 0 Å². The lowest BCUT2D eigenvalue weighted by Gasteiger charge is -1.79. The molecule has 0 aliphatic heterocycles. The Bertz CT molecular complexity index is 169. The van der Waals surface area contributed by atoms with Crippen LogP contribution >= 0.6 is 22.6 Å². The van der Waals surface area contributed by atoms with Crippen LogP contribution in [0, 0.1) is 3.70 Å². The summed E-state index contributed by atoms with van der Waals surface area (Å²) in [5, 5.41) is 0. The second-order valence-electron chi connectivity index (χ2n) is 1.71. The van der Waals surface area contributed by atoms with Crippen molar-refractivity contribution >= 4 is 22.6 Å². The number of aromatic amines is 1. The molecule has 0 saturated carbocycles. The normalized spacial score (nSPS) is 9.75. The predicted octanol–water partition coefficient (Wildman–Crippen LogP) is 2.18. The first-order valence-electron chi connectivity index (χ1n) is 2.65. The number of aromatic nitrogens is 1. The molecule has 1 heterocycles. The summed E-state index contributed by atoms with van der Waals surface area (Å²) < 4.78 is 1.22. The molecule has 2 heteroatoms. The Hall–Kier alpha value is 0.01000. The Morgan fingerprint density at radius 1 is 1.75 bits per heavy atom. The van der Waals surface area contributed by atoms with Crippen LogP contribution in [0.4, 0.5) is 0 Å². The summed E-state index contributed by atoms with van der Waals surface area (Å²) in [5.41, 5.74) is 1.38. The van der Waals surface area contributed by atoms with Gasteiger partial charge in [-0.2, -0.15) is 0 Å². The van der Waals surface area contributed by atoms with Crippen LogP contribution in [0.1, 0.15) is 12.5 Å². The lowest BCUT2D eigenvalue weighted by Crippen LogP contribution is -1.67. The molecular weight excluding hydrogens is 213 g/mol. The molecule has 0 spiro atoms. The van der Waals surface area contributed by atoms with Crippen molar-refractivity contribution in [2.45, 2.75) is 13.3 Å². The summed E-state index contributed by atoms with van der Waals surface area (Å²) in [6.07, 6.45) is 3.17. The van der Waals surface area contributed by atoms with Crippen molar-refractivity contribution in [1.29, 1.82) is 0 Å². The van der Waals surface area contributed by atoms with E-state index < -0.39 is 0 Å². The van der Waals surface area contributed by atoms with Crippen LogP contribution in [0.2, 0.25) is 0 Å². The molecule has 0 unspecified atom stereocenters. The van der Waals surface area contributed by atoms with Crippen LogP contribution in [-0.2, 0) is 6.42 Å². The van der Waals surface area contributed by atoms with E-state index in [2.05, 4.69) is 40.6 Å². The molecular formula is C6H8IN. The molecule has 0 bridgehead atoms. The fraction of sp³-hybridized carbons (Fsp3) is 0.333. The largest absolute Gasteiger partial charge is 0.356 e. The Morgan fingerprint density at radius 2 is 2.50 bits per heavy atom. The maximum atomic E-state index is 3.11. The summed E-state index contributed by atoms with van der Waals surface area (Å²) in [5.74, 6) is 0. The molecule has 0 aliphatic carbocycles. The molecule has 0 aromatic carbocycles. The first kappa shape index (κ1) is 6.13. The topological polar surface area (TPSA) is 15.8 Å². The van der Waals surface area contributed by atoms with Crippen LogP contribution < -0.4 is 0 Å². The van der Waals surface area contributed by atoms with Crippen molar-refractivity contribution in [2.24, 2.45) is 0 Å². The molecule has 0 saturated heterocycles. The minimum Gasteiger partial charge on any atom is -0.356 e. The smallest absolute Gasteiger partial charge is 0.0774 e. The van der Waals surface area contributed by atoms with Crippen molar-refractivity contribution in [1.82, 2.24) is 4.98 Å². The molecule has 8 heavy (non-hydrogen) atoms. The van der Waals surface area contributed by atoms with Gasteiger partial charge in [0.2, 0.25) is 0 Å². The molecule has 0 radical (unpaired) electrons. The molecule has 1 aromatic rings. The zero-order chi connectivity index (χ0) is 5.98. The van der Waals surface area contributed by atoms with Gasteiger partial charge < -0.3 is 4.98 Å². The molecule has 0 fully saturated rings. The molecule has 0 atom stereocenters. The second kappa shape index (κ2) is 2.53. The number of hydrogen-bond acceptors (Lipinski definition) is 0. The van der Waals surface area contributed by atoms with Gasteiger partial charge in [0.15, 0.2) is 0 Å². The first-order valence-corrected chi connectivity index (χ1v) is 3.73. The quantitative estimate of drug-likeness (QED) is 0.699. The summed E-state index contributed by atoms with van der Waals surface area (Å²) >= 11 is 2.27. The van der Waals surface area contributed by atoms with Crippen molar-refractivity contribution < 1.29 is 0 Å². The van der Waals surface area contributed by atoms with Gasteiger partial charge in [-0.3, -0.25) is 0 Å². The number of rotatable bonds is 1. The first-order chi connectivity index (χ1) is 3.83. The number of hydrogen-bond donors (Lipinski definition) is 1. The van der Waals surface area contributed by atoms with Crippen LogP contribution in [0.15, 0.2) is 12.3 Å². The van der Waals surface area contributed by atoms with Gasteiger partial charge >= 0.3 is 0 Å². The molecule has 1 rings (SSSR count). The second-order valence-corrected chi connectivity index (χ2v) is 2.87. The van der Waals surface area contributed by atoms with Gasteiger partial charge in [0.05, 0.1) is 3.70 Å². The third-order valence-electron chi connectivity index (χ3n) is 1.12. The highest BCUT2D eigenvalue weighted by Crippen LogP contribution is 2.05. The molecule has 0 amide bonds. The highest BCUT2D eigenvalue weighted by molar-refractivity contribution is 14.1. The van der Waals surface area contributed by atoms with Crippen LogP contribution in [-0.4, -0.2) is 4.98 Å². The lowest BCUT2D eigenvalue weighted by molar-refractivity contribution is 1.14. The van der Waals surface area contributed by atoms with Gasteiger partial charge in [0, 0.05) is 6.20 Å². The van der Waals surface area contributed by atoms with Crippen molar-refractivity contribution in [2.75, 3.05) is 0 Å². The van der Waals surface area contributed by atoms with E-state index in [0.717, 1.165) is 6.42 Å². The monoisotopic (exact) mass is 221 g/mol. The van der Waals surface area contributed by atoms with E-state index in [1.807, 2.05) is 6.20 Å². The average molecular weight is 221 g/mol. The standard InChI is InChI=1S/C6H8IN/c1-2-5-3-6(7)8-4-5/h3-4,8H,2H2,1H3. The summed E-state index contributed by atoms with van der Waals surface area (Å²) in [6, 6.07) is 2.15. The van der Waals surface area contributed by atoms with E-state index >= 15 is 0 Å². The zero-order valence-corrected chi connectivity index (χ0v) is 6.90. The summed E-state index contributed by atoms with van der Waals surface area (Å²) in [7, 11) is 0. The number of aryl methyl sites for hydroxylation is 1. The van der Waals surface area contributed by atoms with E-state index in [1.165, 1.54) is 9.26 Å². The van der Waals surface area contributed by atoms with Gasteiger partial charge in [-0.1, -0.05) is 6.92 Å². The molecule has 1 nitrogen and oxygen atoms in total. The van der Waals surface area contributed by atoms with Crippen LogP contribution in [0.5, 0.6) is 0 Å². The number of nitrogens with one attached hydrogen (secondary N) is 1. The van der Waals surface area contributed by atoms with Crippen LogP contribution in [0.25, 0.3) is 0 Å². The predicted molar refractivity (Wildman–Crippen MR) is 42.9 cm³/mol. The van der Waals surface area contributed by atoms with Gasteiger partial charge in [0.1, 0.15) is 0 Å². The van der Waals surface area contributed by atoms with Crippen molar-refractivity contribution in [3.05, 3.63) is 21.5 Å². The summed E-state index contributed by atoms with van der Waals surface area (Å²) in [4.78, 5) is 3.11. The van der Waals surface area contributed by atoms with Gasteiger partial charge in [-0.05, 0) is 40.6 Å². The van der Waals surface area contributed by atoms with E-state index in [4.69, 9.17) is 0 Å². The Kier molecular flexibility index (Phi) is 1.94. The van der Waals surface area contributed by atoms with E-state index in [0.29, 0.717) is 0 Å². The fourth-order valence-electron chi connectivity index (χ4n) is 0.612. The number of halogens is 1. The SMILES string of the molecule is CCc1c[nH]c(I)c1. The minimum atomic E-state index is 1.12. The molecule has 0 aliphatic rings. The van der Waals surface area contributed by atoms with Crippen LogP contribution in [0.3, 0.4) is 0 Å². The maximum absolute atomic E-state index is 3.11. The highest BCUT2D eigenvalue weighted by atomic mass is 127. The van der Waals surface area contributed by atoms with E-state index in [1.54, 1.807) is 0 Å². The minimum absolute atomic E-state index is 1.12. The Labute approximate surface area is 62.6 Å².